The summed E-state index contributed by atoms with van der Waals surface area (Å²) in [6.45, 7) is 4.73. The van der Waals surface area contributed by atoms with Crippen LogP contribution in [0.15, 0.2) is 24.3 Å². The van der Waals surface area contributed by atoms with Gasteiger partial charge in [-0.25, -0.2) is 0 Å². The molecule has 1 fully saturated rings. The number of imide groups is 1. The third-order valence-electron chi connectivity index (χ3n) is 5.72. The number of nitrogens with zero attached hydrogens (tertiary/aromatic N) is 1. The van der Waals surface area contributed by atoms with E-state index in [2.05, 4.69) is 19.2 Å². The Morgan fingerprint density at radius 3 is 2.40 bits per heavy atom. The van der Waals surface area contributed by atoms with E-state index in [1.54, 1.807) is 24.3 Å². The summed E-state index contributed by atoms with van der Waals surface area (Å²) in [6, 6.07) is 7.11. The highest BCUT2D eigenvalue weighted by Gasteiger charge is 2.34. The lowest BCUT2D eigenvalue weighted by Crippen LogP contribution is -2.43. The van der Waals surface area contributed by atoms with Gasteiger partial charge in [-0.3, -0.25) is 19.3 Å². The zero-order valence-corrected chi connectivity index (χ0v) is 15.0. The smallest absolute Gasteiger partial charge is 0.261 e. The Labute approximate surface area is 148 Å². The fourth-order valence-corrected chi connectivity index (χ4v) is 3.90. The van der Waals surface area contributed by atoms with Crippen LogP contribution in [0, 0.1) is 11.8 Å². The van der Waals surface area contributed by atoms with Gasteiger partial charge < -0.3 is 5.32 Å². The molecular formula is C20H26N2O3. The predicted molar refractivity (Wildman–Crippen MR) is 95.2 cm³/mol. The highest BCUT2D eigenvalue weighted by Crippen LogP contribution is 2.29. The summed E-state index contributed by atoms with van der Waals surface area (Å²) >= 11 is 0. The van der Waals surface area contributed by atoms with E-state index in [0.29, 0.717) is 35.8 Å². The molecule has 0 spiro atoms. The molecule has 2 aliphatic rings. The summed E-state index contributed by atoms with van der Waals surface area (Å²) in [6.07, 6.45) is 4.26. The molecule has 0 bridgehead atoms. The second kappa shape index (κ2) is 7.38. The molecule has 1 aliphatic carbocycles. The van der Waals surface area contributed by atoms with Gasteiger partial charge in [0.1, 0.15) is 0 Å². The average Bonchev–Trinajstić information content (AvgIpc) is 2.84. The summed E-state index contributed by atoms with van der Waals surface area (Å²) in [5.41, 5.74) is 0.920. The Morgan fingerprint density at radius 1 is 1.12 bits per heavy atom. The van der Waals surface area contributed by atoms with Crippen molar-refractivity contribution in [1.82, 2.24) is 10.2 Å². The number of carbonyl (C=O) groups excluding carboxylic acids is 3. The number of hydrogen-bond donors (Lipinski definition) is 1. The molecule has 0 aromatic heterocycles. The minimum atomic E-state index is -0.254. The summed E-state index contributed by atoms with van der Waals surface area (Å²) in [4.78, 5) is 38.0. The molecule has 25 heavy (non-hydrogen) atoms. The maximum atomic E-state index is 12.3. The van der Waals surface area contributed by atoms with E-state index in [-0.39, 0.29) is 30.3 Å². The van der Waals surface area contributed by atoms with Crippen molar-refractivity contribution < 1.29 is 14.4 Å². The van der Waals surface area contributed by atoms with Crippen LogP contribution in [0.4, 0.5) is 0 Å². The number of rotatable bonds is 5. The number of fused-ring (bicyclic) bond motifs is 1. The number of hydrogen-bond acceptors (Lipinski definition) is 3. The summed E-state index contributed by atoms with van der Waals surface area (Å²) in [7, 11) is 0. The monoisotopic (exact) mass is 342 g/mol. The second-order valence-corrected chi connectivity index (χ2v) is 7.35. The zero-order valence-electron chi connectivity index (χ0n) is 15.0. The quantitative estimate of drug-likeness (QED) is 0.837. The lowest BCUT2D eigenvalue weighted by Gasteiger charge is -2.34. The number of nitrogens with one attached hydrogen (secondary N) is 1. The molecule has 1 aliphatic heterocycles. The first-order valence-corrected chi connectivity index (χ1v) is 9.23. The molecule has 0 saturated heterocycles. The van der Waals surface area contributed by atoms with Crippen LogP contribution in [0.2, 0.25) is 0 Å². The Kier molecular flexibility index (Phi) is 5.21. The van der Waals surface area contributed by atoms with Crippen molar-refractivity contribution in [3.63, 3.8) is 0 Å². The predicted octanol–water partition coefficient (Wildman–Crippen LogP) is 3.00. The van der Waals surface area contributed by atoms with Crippen molar-refractivity contribution in [3.05, 3.63) is 35.4 Å². The van der Waals surface area contributed by atoms with Crippen LogP contribution < -0.4 is 5.32 Å². The van der Waals surface area contributed by atoms with E-state index in [1.807, 2.05) is 0 Å². The third-order valence-corrected chi connectivity index (χ3v) is 5.72. The fourth-order valence-electron chi connectivity index (χ4n) is 3.90. The highest BCUT2D eigenvalue weighted by molar-refractivity contribution is 6.21. The van der Waals surface area contributed by atoms with Gasteiger partial charge in [0, 0.05) is 19.0 Å². The molecule has 1 N–H and O–H groups in total. The van der Waals surface area contributed by atoms with Crippen LogP contribution in [-0.4, -0.2) is 35.2 Å². The maximum absolute atomic E-state index is 12.3. The first-order valence-electron chi connectivity index (χ1n) is 9.23. The number of benzene rings is 1. The van der Waals surface area contributed by atoms with Gasteiger partial charge in [0.05, 0.1) is 11.1 Å². The van der Waals surface area contributed by atoms with E-state index < -0.39 is 0 Å². The van der Waals surface area contributed by atoms with Crippen LogP contribution in [0.3, 0.4) is 0 Å². The van der Waals surface area contributed by atoms with Gasteiger partial charge >= 0.3 is 0 Å². The lowest BCUT2D eigenvalue weighted by molar-refractivity contribution is -0.122. The van der Waals surface area contributed by atoms with Crippen molar-refractivity contribution in [1.29, 1.82) is 0 Å². The normalized spacial score (nSPS) is 25.8. The van der Waals surface area contributed by atoms with E-state index >= 15 is 0 Å². The molecule has 3 rings (SSSR count). The topological polar surface area (TPSA) is 66.5 Å². The molecular weight excluding hydrogens is 316 g/mol. The molecule has 3 atom stereocenters. The molecule has 1 aromatic carbocycles. The Balaban J connectivity index is 1.48. The molecule has 0 radical (unpaired) electrons. The summed E-state index contributed by atoms with van der Waals surface area (Å²) in [5.74, 6) is 0.639. The van der Waals surface area contributed by atoms with Crippen LogP contribution in [0.5, 0.6) is 0 Å². The first-order chi connectivity index (χ1) is 12.0. The van der Waals surface area contributed by atoms with E-state index in [1.165, 1.54) is 11.3 Å². The van der Waals surface area contributed by atoms with Gasteiger partial charge in [-0.1, -0.05) is 38.8 Å². The van der Waals surface area contributed by atoms with Crippen molar-refractivity contribution in [2.45, 2.75) is 52.0 Å². The van der Waals surface area contributed by atoms with Gasteiger partial charge in [-0.05, 0) is 36.8 Å². The molecule has 3 unspecified atom stereocenters. The molecule has 5 nitrogen and oxygen atoms in total. The zero-order chi connectivity index (χ0) is 18.0. The first kappa shape index (κ1) is 17.6. The Hall–Kier alpha value is -2.17. The number of carbonyl (C=O) groups is 3. The maximum Gasteiger partial charge on any atom is 0.261 e. The summed E-state index contributed by atoms with van der Waals surface area (Å²) < 4.78 is 0. The highest BCUT2D eigenvalue weighted by atomic mass is 16.2. The molecule has 3 amide bonds. The van der Waals surface area contributed by atoms with Crippen LogP contribution in [-0.2, 0) is 4.79 Å². The molecule has 1 saturated carbocycles. The second-order valence-electron chi connectivity index (χ2n) is 7.35. The van der Waals surface area contributed by atoms with Gasteiger partial charge in [-0.15, -0.1) is 0 Å². The SMILES string of the molecule is CC1CCCC(NC(=O)CCCN2C(=O)c3ccccc3C2=O)C1C. The standard InChI is InChI=1S/C20H26N2O3/c1-13-7-5-10-17(14(13)2)21-18(23)11-6-12-22-19(24)15-8-3-4-9-16(15)20(22)25/h3-4,8-9,13-14,17H,5-7,10-12H2,1-2H3,(H,21,23). The average molecular weight is 342 g/mol. The van der Waals surface area contributed by atoms with Crippen LogP contribution in [0.25, 0.3) is 0 Å². The van der Waals surface area contributed by atoms with Gasteiger partial charge in [0.2, 0.25) is 5.91 Å². The molecule has 5 heteroatoms. The van der Waals surface area contributed by atoms with Crippen molar-refractivity contribution in [2.75, 3.05) is 6.54 Å². The minimum absolute atomic E-state index is 0.0163. The Morgan fingerprint density at radius 2 is 1.76 bits per heavy atom. The minimum Gasteiger partial charge on any atom is -0.353 e. The van der Waals surface area contributed by atoms with Crippen LogP contribution in [0.1, 0.15) is 66.7 Å². The van der Waals surface area contributed by atoms with Crippen LogP contribution >= 0.6 is 0 Å². The van der Waals surface area contributed by atoms with E-state index in [0.717, 1.165) is 12.8 Å². The number of amides is 3. The van der Waals surface area contributed by atoms with Crippen molar-refractivity contribution in [2.24, 2.45) is 11.8 Å². The largest absolute Gasteiger partial charge is 0.353 e. The van der Waals surface area contributed by atoms with E-state index in [4.69, 9.17) is 0 Å². The van der Waals surface area contributed by atoms with Gasteiger partial charge in [0.25, 0.3) is 11.8 Å². The van der Waals surface area contributed by atoms with Crippen molar-refractivity contribution >= 4 is 17.7 Å². The molecule has 1 heterocycles. The van der Waals surface area contributed by atoms with E-state index in [9.17, 15) is 14.4 Å². The third kappa shape index (κ3) is 3.60. The molecule has 1 aromatic rings. The summed E-state index contributed by atoms with van der Waals surface area (Å²) in [5, 5.41) is 3.14. The van der Waals surface area contributed by atoms with Crippen molar-refractivity contribution in [3.8, 4) is 0 Å². The Bertz CT molecular complexity index is 650. The van der Waals surface area contributed by atoms with Gasteiger partial charge in [0.15, 0.2) is 0 Å². The molecule has 134 valence electrons. The van der Waals surface area contributed by atoms with Gasteiger partial charge in [-0.2, -0.15) is 0 Å². The fraction of sp³-hybridized carbons (Fsp3) is 0.550. The lowest BCUT2D eigenvalue weighted by atomic mass is 9.78.